The van der Waals surface area contributed by atoms with Crippen LogP contribution in [0.4, 0.5) is 4.39 Å². The first-order valence-corrected chi connectivity index (χ1v) is 9.14. The second kappa shape index (κ2) is 7.85. The number of aryl methyl sites for hydroxylation is 2. The van der Waals surface area contributed by atoms with Crippen molar-refractivity contribution in [3.8, 4) is 0 Å². The summed E-state index contributed by atoms with van der Waals surface area (Å²) in [6.45, 7) is 6.14. The van der Waals surface area contributed by atoms with Crippen molar-refractivity contribution in [2.24, 2.45) is 0 Å². The Bertz CT molecular complexity index is 695. The van der Waals surface area contributed by atoms with Gasteiger partial charge in [0.1, 0.15) is 5.82 Å². The van der Waals surface area contributed by atoms with Gasteiger partial charge in [0.25, 0.3) is 0 Å². The van der Waals surface area contributed by atoms with Crippen molar-refractivity contribution in [1.82, 2.24) is 14.8 Å². The molecule has 1 fully saturated rings. The van der Waals surface area contributed by atoms with Gasteiger partial charge in [-0.05, 0) is 31.0 Å². The fraction of sp³-hybridized carbons (Fsp3) is 0.444. The predicted octanol–water partition coefficient (Wildman–Crippen LogP) is 2.87. The number of nitrogens with zero attached hydrogens (tertiary/aromatic N) is 3. The molecule has 24 heavy (non-hydrogen) atoms. The molecule has 1 aromatic heterocycles. The minimum atomic E-state index is -0.245. The summed E-state index contributed by atoms with van der Waals surface area (Å²) in [6.07, 6.45) is 1.03. The smallest absolute Gasteiger partial charge is 0.222 e. The van der Waals surface area contributed by atoms with Crippen molar-refractivity contribution in [3.05, 3.63) is 51.7 Å². The summed E-state index contributed by atoms with van der Waals surface area (Å²) >= 11 is 1.67. The number of amides is 1. The summed E-state index contributed by atoms with van der Waals surface area (Å²) in [5, 5.41) is 3.20. The van der Waals surface area contributed by atoms with Crippen LogP contribution in [-0.2, 0) is 17.8 Å². The lowest BCUT2D eigenvalue weighted by atomic mass is 10.1. The zero-order chi connectivity index (χ0) is 16.9. The Hall–Kier alpha value is -1.79. The van der Waals surface area contributed by atoms with Gasteiger partial charge in [0.15, 0.2) is 0 Å². The van der Waals surface area contributed by atoms with E-state index in [1.54, 1.807) is 17.4 Å². The number of hydrogen-bond acceptors (Lipinski definition) is 4. The minimum absolute atomic E-state index is 0.156. The molecule has 0 bridgehead atoms. The first kappa shape index (κ1) is 17.0. The van der Waals surface area contributed by atoms with Gasteiger partial charge in [0.05, 0.1) is 10.7 Å². The SMILES string of the molecule is Cc1nc(CN2CCN(C(=O)CCc3cccc(F)c3)CC2)cs1. The Morgan fingerprint density at radius 1 is 1.29 bits per heavy atom. The summed E-state index contributed by atoms with van der Waals surface area (Å²) in [7, 11) is 0. The standard InChI is InChI=1S/C18H22FN3OS/c1-14-20-17(13-24-14)12-21-7-9-22(10-8-21)18(23)6-5-15-3-2-4-16(19)11-15/h2-4,11,13H,5-10,12H2,1H3. The molecule has 0 saturated carbocycles. The van der Waals surface area contributed by atoms with E-state index in [1.807, 2.05) is 17.9 Å². The van der Waals surface area contributed by atoms with Crippen molar-refractivity contribution >= 4 is 17.2 Å². The maximum absolute atomic E-state index is 13.2. The lowest BCUT2D eigenvalue weighted by Crippen LogP contribution is -2.48. The van der Waals surface area contributed by atoms with E-state index in [9.17, 15) is 9.18 Å². The van der Waals surface area contributed by atoms with E-state index in [2.05, 4.69) is 15.3 Å². The van der Waals surface area contributed by atoms with Crippen molar-refractivity contribution in [1.29, 1.82) is 0 Å². The monoisotopic (exact) mass is 347 g/mol. The molecular formula is C18H22FN3OS. The number of carbonyl (C=O) groups excluding carboxylic acids is 1. The molecule has 1 saturated heterocycles. The molecule has 3 rings (SSSR count). The Kier molecular flexibility index (Phi) is 5.58. The first-order valence-electron chi connectivity index (χ1n) is 8.26. The average molecular weight is 347 g/mol. The van der Waals surface area contributed by atoms with Gasteiger partial charge in [-0.1, -0.05) is 12.1 Å². The maximum atomic E-state index is 13.2. The molecule has 6 heteroatoms. The van der Waals surface area contributed by atoms with Gasteiger partial charge in [-0.25, -0.2) is 9.37 Å². The third-order valence-electron chi connectivity index (χ3n) is 4.29. The number of benzene rings is 1. The molecule has 0 radical (unpaired) electrons. The van der Waals surface area contributed by atoms with Crippen LogP contribution in [0.2, 0.25) is 0 Å². The van der Waals surface area contributed by atoms with Gasteiger partial charge in [0.2, 0.25) is 5.91 Å². The molecule has 2 aromatic rings. The van der Waals surface area contributed by atoms with Crippen LogP contribution in [0, 0.1) is 12.7 Å². The second-order valence-corrected chi connectivity index (χ2v) is 7.21. The van der Waals surface area contributed by atoms with Crippen LogP contribution in [0.1, 0.15) is 22.7 Å². The van der Waals surface area contributed by atoms with Gasteiger partial charge in [-0.15, -0.1) is 11.3 Å². The number of piperazine rings is 1. The summed E-state index contributed by atoms with van der Waals surface area (Å²) in [5.74, 6) is -0.0887. The quantitative estimate of drug-likeness (QED) is 0.834. The van der Waals surface area contributed by atoms with Gasteiger partial charge in [0, 0.05) is 44.5 Å². The van der Waals surface area contributed by atoms with Crippen molar-refractivity contribution in [2.75, 3.05) is 26.2 Å². The molecule has 128 valence electrons. The number of hydrogen-bond donors (Lipinski definition) is 0. The Balaban J connectivity index is 1.43. The van der Waals surface area contributed by atoms with E-state index in [-0.39, 0.29) is 11.7 Å². The Morgan fingerprint density at radius 2 is 2.08 bits per heavy atom. The minimum Gasteiger partial charge on any atom is -0.340 e. The van der Waals surface area contributed by atoms with Crippen LogP contribution in [0.15, 0.2) is 29.6 Å². The van der Waals surface area contributed by atoms with Crippen LogP contribution < -0.4 is 0 Å². The van der Waals surface area contributed by atoms with Crippen molar-refractivity contribution < 1.29 is 9.18 Å². The lowest BCUT2D eigenvalue weighted by molar-refractivity contribution is -0.133. The number of rotatable bonds is 5. The molecule has 0 N–H and O–H groups in total. The molecule has 1 aliphatic rings. The predicted molar refractivity (Wildman–Crippen MR) is 93.4 cm³/mol. The van der Waals surface area contributed by atoms with Gasteiger partial charge < -0.3 is 4.90 Å². The zero-order valence-corrected chi connectivity index (χ0v) is 14.7. The van der Waals surface area contributed by atoms with Crippen LogP contribution in [0.25, 0.3) is 0 Å². The zero-order valence-electron chi connectivity index (χ0n) is 13.9. The fourth-order valence-electron chi connectivity index (χ4n) is 2.97. The largest absolute Gasteiger partial charge is 0.340 e. The van der Waals surface area contributed by atoms with Crippen LogP contribution in [-0.4, -0.2) is 46.9 Å². The molecule has 4 nitrogen and oxygen atoms in total. The Labute approximate surface area is 145 Å². The van der Waals surface area contributed by atoms with Crippen LogP contribution >= 0.6 is 11.3 Å². The van der Waals surface area contributed by atoms with Gasteiger partial charge in [-0.3, -0.25) is 9.69 Å². The van der Waals surface area contributed by atoms with Crippen molar-refractivity contribution in [2.45, 2.75) is 26.3 Å². The van der Waals surface area contributed by atoms with E-state index in [4.69, 9.17) is 0 Å². The topological polar surface area (TPSA) is 36.4 Å². The maximum Gasteiger partial charge on any atom is 0.222 e. The summed E-state index contributed by atoms with van der Waals surface area (Å²) < 4.78 is 13.2. The highest BCUT2D eigenvalue weighted by Gasteiger charge is 2.21. The third kappa shape index (κ3) is 4.61. The van der Waals surface area contributed by atoms with Gasteiger partial charge >= 0.3 is 0 Å². The highest BCUT2D eigenvalue weighted by Crippen LogP contribution is 2.13. The van der Waals surface area contributed by atoms with E-state index in [0.717, 1.165) is 49.0 Å². The summed E-state index contributed by atoms with van der Waals surface area (Å²) in [4.78, 5) is 21.1. The van der Waals surface area contributed by atoms with Crippen LogP contribution in [0.5, 0.6) is 0 Å². The van der Waals surface area contributed by atoms with E-state index in [1.165, 1.54) is 12.1 Å². The van der Waals surface area contributed by atoms with Gasteiger partial charge in [-0.2, -0.15) is 0 Å². The van der Waals surface area contributed by atoms with Crippen molar-refractivity contribution in [3.63, 3.8) is 0 Å². The average Bonchev–Trinajstić information content (AvgIpc) is 2.98. The van der Waals surface area contributed by atoms with E-state index >= 15 is 0 Å². The lowest BCUT2D eigenvalue weighted by Gasteiger charge is -2.34. The molecule has 0 atom stereocenters. The molecule has 1 aliphatic heterocycles. The molecule has 0 aliphatic carbocycles. The molecular weight excluding hydrogens is 325 g/mol. The number of halogens is 1. The molecule has 1 aromatic carbocycles. The highest BCUT2D eigenvalue weighted by molar-refractivity contribution is 7.09. The third-order valence-corrected chi connectivity index (χ3v) is 5.12. The number of carbonyl (C=O) groups is 1. The summed E-state index contributed by atoms with van der Waals surface area (Å²) in [5.41, 5.74) is 1.99. The van der Waals surface area contributed by atoms with E-state index < -0.39 is 0 Å². The normalized spacial score (nSPS) is 15.7. The summed E-state index contributed by atoms with van der Waals surface area (Å²) in [6, 6.07) is 6.48. The molecule has 2 heterocycles. The van der Waals surface area contributed by atoms with Crippen LogP contribution in [0.3, 0.4) is 0 Å². The second-order valence-electron chi connectivity index (χ2n) is 6.14. The Morgan fingerprint density at radius 3 is 2.75 bits per heavy atom. The number of thiazole rings is 1. The molecule has 0 unspecified atom stereocenters. The highest BCUT2D eigenvalue weighted by atomic mass is 32.1. The first-order chi connectivity index (χ1) is 11.6. The number of aromatic nitrogens is 1. The molecule has 0 spiro atoms. The molecule has 1 amide bonds. The fourth-order valence-corrected chi connectivity index (χ4v) is 3.57. The van der Waals surface area contributed by atoms with E-state index in [0.29, 0.717) is 12.8 Å².